The molecule has 0 atom stereocenters. The summed E-state index contributed by atoms with van der Waals surface area (Å²) in [6, 6.07) is 3.99. The first-order chi connectivity index (χ1) is 9.47. The van der Waals surface area contributed by atoms with Gasteiger partial charge in [-0.05, 0) is 37.9 Å². The van der Waals surface area contributed by atoms with Crippen LogP contribution in [0.1, 0.15) is 48.7 Å². The molecule has 0 aliphatic heterocycles. The third kappa shape index (κ3) is 3.93. The number of carboxylic acids is 1. The van der Waals surface area contributed by atoms with Gasteiger partial charge in [-0.15, -0.1) is 0 Å². The quantitative estimate of drug-likeness (QED) is 0.801. The zero-order chi connectivity index (χ0) is 14.7. The Bertz CT molecular complexity index is 484. The second-order valence-electron chi connectivity index (χ2n) is 5.76. The molecule has 1 aromatic rings. The lowest BCUT2D eigenvalue weighted by Gasteiger charge is -2.16. The fourth-order valence-corrected chi connectivity index (χ4v) is 2.12. The van der Waals surface area contributed by atoms with E-state index >= 15 is 0 Å². The van der Waals surface area contributed by atoms with Gasteiger partial charge >= 0.3 is 5.97 Å². The number of hydrogen-bond acceptors (Lipinski definition) is 4. The maximum atomic E-state index is 11.1. The molecule has 0 unspecified atom stereocenters. The van der Waals surface area contributed by atoms with Crippen LogP contribution in [0.15, 0.2) is 12.1 Å². The summed E-state index contributed by atoms with van der Waals surface area (Å²) in [6.07, 6.45) is 2.58. The SMILES string of the molecule is CC(C)c1cc(C(=O)O)cc(NCCN(C)C2CC2)n1. The van der Waals surface area contributed by atoms with E-state index in [9.17, 15) is 4.79 Å². The van der Waals surface area contributed by atoms with Gasteiger partial charge in [-0.25, -0.2) is 9.78 Å². The van der Waals surface area contributed by atoms with Gasteiger partial charge in [-0.1, -0.05) is 13.8 Å². The van der Waals surface area contributed by atoms with Gasteiger partial charge in [0.25, 0.3) is 0 Å². The number of carboxylic acid groups (broad SMARTS) is 1. The molecular formula is C15H23N3O2. The van der Waals surface area contributed by atoms with Crippen molar-refractivity contribution < 1.29 is 9.90 Å². The lowest BCUT2D eigenvalue weighted by atomic mass is 10.1. The summed E-state index contributed by atoms with van der Waals surface area (Å²) in [4.78, 5) is 18.0. The Labute approximate surface area is 120 Å². The van der Waals surface area contributed by atoms with Gasteiger partial charge in [0.2, 0.25) is 0 Å². The Hall–Kier alpha value is -1.62. The predicted octanol–water partition coefficient (Wildman–Crippen LogP) is 2.41. The minimum Gasteiger partial charge on any atom is -0.478 e. The summed E-state index contributed by atoms with van der Waals surface area (Å²) in [6.45, 7) is 5.75. The van der Waals surface area contributed by atoms with Crippen molar-refractivity contribution in [1.29, 1.82) is 0 Å². The number of rotatable bonds is 7. The maximum Gasteiger partial charge on any atom is 0.335 e. The Morgan fingerprint density at radius 1 is 1.50 bits per heavy atom. The topological polar surface area (TPSA) is 65.5 Å². The van der Waals surface area contributed by atoms with E-state index in [2.05, 4.69) is 22.2 Å². The van der Waals surface area contributed by atoms with Crippen LogP contribution in [0, 0.1) is 0 Å². The summed E-state index contributed by atoms with van der Waals surface area (Å²) in [5.74, 6) is -0.0470. The highest BCUT2D eigenvalue weighted by molar-refractivity contribution is 5.88. The number of nitrogens with zero attached hydrogens (tertiary/aromatic N) is 2. The summed E-state index contributed by atoms with van der Waals surface area (Å²) < 4.78 is 0. The van der Waals surface area contributed by atoms with E-state index < -0.39 is 5.97 Å². The first-order valence-electron chi connectivity index (χ1n) is 7.16. The molecule has 110 valence electrons. The van der Waals surface area contributed by atoms with Gasteiger partial charge < -0.3 is 15.3 Å². The molecule has 0 aromatic carbocycles. The molecule has 1 fully saturated rings. The predicted molar refractivity (Wildman–Crippen MR) is 79.4 cm³/mol. The molecule has 20 heavy (non-hydrogen) atoms. The van der Waals surface area contributed by atoms with E-state index in [-0.39, 0.29) is 5.92 Å². The van der Waals surface area contributed by atoms with Crippen LogP contribution in [0.4, 0.5) is 5.82 Å². The number of aromatic nitrogens is 1. The molecule has 2 N–H and O–H groups in total. The highest BCUT2D eigenvalue weighted by Gasteiger charge is 2.25. The maximum absolute atomic E-state index is 11.1. The van der Waals surface area contributed by atoms with Crippen molar-refractivity contribution in [2.45, 2.75) is 38.6 Å². The monoisotopic (exact) mass is 277 g/mol. The highest BCUT2D eigenvalue weighted by atomic mass is 16.4. The lowest BCUT2D eigenvalue weighted by Crippen LogP contribution is -2.27. The van der Waals surface area contributed by atoms with Crippen LogP contribution in [0.3, 0.4) is 0 Å². The molecule has 1 aliphatic rings. The molecule has 1 aromatic heterocycles. The summed E-state index contributed by atoms with van der Waals surface area (Å²) >= 11 is 0. The zero-order valence-corrected chi connectivity index (χ0v) is 12.4. The second kappa shape index (κ2) is 6.22. The smallest absolute Gasteiger partial charge is 0.335 e. The minimum atomic E-state index is -0.910. The van der Waals surface area contributed by atoms with Crippen molar-refractivity contribution in [2.24, 2.45) is 0 Å². The van der Waals surface area contributed by atoms with E-state index in [1.54, 1.807) is 12.1 Å². The Morgan fingerprint density at radius 2 is 2.20 bits per heavy atom. The Morgan fingerprint density at radius 3 is 2.75 bits per heavy atom. The number of aromatic carboxylic acids is 1. The number of nitrogens with one attached hydrogen (secondary N) is 1. The zero-order valence-electron chi connectivity index (χ0n) is 12.4. The van der Waals surface area contributed by atoms with Gasteiger partial charge in [-0.2, -0.15) is 0 Å². The minimum absolute atomic E-state index is 0.212. The molecule has 2 rings (SSSR count). The normalized spacial score (nSPS) is 14.8. The van der Waals surface area contributed by atoms with E-state index in [0.717, 1.165) is 24.8 Å². The summed E-state index contributed by atoms with van der Waals surface area (Å²) in [5, 5.41) is 12.4. The number of anilines is 1. The fraction of sp³-hybridized carbons (Fsp3) is 0.600. The number of likely N-dealkylation sites (N-methyl/N-ethyl adjacent to an activating group) is 1. The van der Waals surface area contributed by atoms with Crippen LogP contribution < -0.4 is 5.32 Å². The van der Waals surface area contributed by atoms with Crippen LogP contribution in [-0.4, -0.2) is 47.1 Å². The molecule has 1 heterocycles. The highest BCUT2D eigenvalue weighted by Crippen LogP contribution is 2.24. The van der Waals surface area contributed by atoms with Gasteiger partial charge in [0.1, 0.15) is 5.82 Å². The van der Waals surface area contributed by atoms with E-state index in [4.69, 9.17) is 5.11 Å². The van der Waals surface area contributed by atoms with Crippen LogP contribution in [0.5, 0.6) is 0 Å². The van der Waals surface area contributed by atoms with Gasteiger partial charge in [-0.3, -0.25) is 0 Å². The number of hydrogen-bond donors (Lipinski definition) is 2. The van der Waals surface area contributed by atoms with Crippen LogP contribution in [0.2, 0.25) is 0 Å². The first-order valence-corrected chi connectivity index (χ1v) is 7.16. The Kier molecular flexibility index (Phi) is 4.60. The van der Waals surface area contributed by atoms with Crippen molar-refractivity contribution in [3.05, 3.63) is 23.4 Å². The van der Waals surface area contributed by atoms with Crippen molar-refractivity contribution >= 4 is 11.8 Å². The van der Waals surface area contributed by atoms with Crippen LogP contribution in [-0.2, 0) is 0 Å². The average Bonchev–Trinajstić information content (AvgIpc) is 3.22. The summed E-state index contributed by atoms with van der Waals surface area (Å²) in [5.41, 5.74) is 1.10. The lowest BCUT2D eigenvalue weighted by molar-refractivity contribution is 0.0696. The molecule has 0 amide bonds. The molecule has 1 aliphatic carbocycles. The molecule has 5 heteroatoms. The molecule has 1 saturated carbocycles. The van der Waals surface area contributed by atoms with Crippen molar-refractivity contribution in [2.75, 3.05) is 25.5 Å². The average molecular weight is 277 g/mol. The van der Waals surface area contributed by atoms with Gasteiger partial charge in [0, 0.05) is 24.8 Å². The molecule has 0 bridgehead atoms. The van der Waals surface area contributed by atoms with Crippen molar-refractivity contribution in [3.8, 4) is 0 Å². The first kappa shape index (κ1) is 14.8. The molecule has 5 nitrogen and oxygen atoms in total. The Balaban J connectivity index is 1.99. The van der Waals surface area contributed by atoms with E-state index in [1.165, 1.54) is 12.8 Å². The summed E-state index contributed by atoms with van der Waals surface area (Å²) in [7, 11) is 2.12. The van der Waals surface area contributed by atoms with E-state index in [0.29, 0.717) is 11.4 Å². The molecule has 0 radical (unpaired) electrons. The third-order valence-corrected chi connectivity index (χ3v) is 3.62. The van der Waals surface area contributed by atoms with Crippen molar-refractivity contribution in [1.82, 2.24) is 9.88 Å². The van der Waals surface area contributed by atoms with Gasteiger partial charge in [0.15, 0.2) is 0 Å². The second-order valence-corrected chi connectivity index (χ2v) is 5.76. The standard InChI is InChI=1S/C15H23N3O2/c1-10(2)13-8-11(15(19)20)9-14(17-13)16-6-7-18(3)12-4-5-12/h8-10,12H,4-7H2,1-3H3,(H,16,17)(H,19,20). The third-order valence-electron chi connectivity index (χ3n) is 3.62. The van der Waals surface area contributed by atoms with Gasteiger partial charge in [0.05, 0.1) is 5.56 Å². The van der Waals surface area contributed by atoms with Crippen LogP contribution >= 0.6 is 0 Å². The van der Waals surface area contributed by atoms with E-state index in [1.807, 2.05) is 13.8 Å². The fourth-order valence-electron chi connectivity index (χ4n) is 2.12. The van der Waals surface area contributed by atoms with Crippen LogP contribution in [0.25, 0.3) is 0 Å². The number of carbonyl (C=O) groups is 1. The molecule has 0 saturated heterocycles. The van der Waals surface area contributed by atoms with Crippen molar-refractivity contribution in [3.63, 3.8) is 0 Å². The largest absolute Gasteiger partial charge is 0.478 e. The molecule has 0 spiro atoms. The molecular weight excluding hydrogens is 254 g/mol. The number of pyridine rings is 1.